The van der Waals surface area contributed by atoms with Crippen LogP contribution in [0.5, 0.6) is 5.75 Å². The number of aryl methyl sites for hydroxylation is 1. The first-order valence-corrected chi connectivity index (χ1v) is 11.1. The van der Waals surface area contributed by atoms with Crippen LogP contribution in [0.2, 0.25) is 0 Å². The van der Waals surface area contributed by atoms with E-state index in [2.05, 4.69) is 46.2 Å². The van der Waals surface area contributed by atoms with Crippen LogP contribution in [-0.2, 0) is 17.8 Å². The molecule has 1 aromatic carbocycles. The molecule has 164 valence electrons. The molecule has 1 heterocycles. The fourth-order valence-electron chi connectivity index (χ4n) is 2.78. The molecule has 0 bridgehead atoms. The second kappa shape index (κ2) is 12.8. The summed E-state index contributed by atoms with van der Waals surface area (Å²) in [5.41, 5.74) is 2.50. The van der Waals surface area contributed by atoms with E-state index in [1.54, 1.807) is 11.3 Å². The van der Waals surface area contributed by atoms with Crippen molar-refractivity contribution in [3.05, 3.63) is 51.7 Å². The molecule has 1 fully saturated rings. The lowest BCUT2D eigenvalue weighted by Gasteiger charge is -2.12. The molecule has 3 rings (SSSR count). The molecule has 0 atom stereocenters. The van der Waals surface area contributed by atoms with Crippen molar-refractivity contribution in [3.63, 3.8) is 0 Å². The maximum atomic E-state index is 11.7. The fraction of sp³-hybridized carbons (Fsp3) is 0.455. The van der Waals surface area contributed by atoms with Crippen LogP contribution in [0.4, 0.5) is 0 Å². The molecule has 0 saturated heterocycles. The van der Waals surface area contributed by atoms with E-state index in [0.29, 0.717) is 18.3 Å². The van der Waals surface area contributed by atoms with Gasteiger partial charge in [-0.2, -0.15) is 0 Å². The third-order valence-electron chi connectivity index (χ3n) is 4.64. The number of rotatable bonds is 10. The first-order valence-electron chi connectivity index (χ1n) is 10.2. The number of hydrogen-bond donors (Lipinski definition) is 3. The highest BCUT2D eigenvalue weighted by Gasteiger charge is 2.23. The number of nitrogens with zero attached hydrogens (tertiary/aromatic N) is 1. The minimum Gasteiger partial charge on any atom is -0.484 e. The highest BCUT2D eigenvalue weighted by Crippen LogP contribution is 2.18. The number of amides is 1. The van der Waals surface area contributed by atoms with Gasteiger partial charge in [-0.25, -0.2) is 4.99 Å². The summed E-state index contributed by atoms with van der Waals surface area (Å²) in [4.78, 5) is 17.6. The smallest absolute Gasteiger partial charge is 0.258 e. The number of carbonyl (C=O) groups excluding carboxylic acids is 1. The molecule has 0 aliphatic heterocycles. The monoisotopic (exact) mass is 542 g/mol. The van der Waals surface area contributed by atoms with Gasteiger partial charge in [-0.1, -0.05) is 12.1 Å². The normalized spacial score (nSPS) is 13.3. The maximum absolute atomic E-state index is 11.7. The minimum atomic E-state index is -0.0474. The standard InChI is InChI=1S/C22H30N4O2S.HI/c1-3-23-22(25-14-20-16(2)11-13-29-20)24-12-10-17-4-8-19(9-5-17)28-15-21(27)26-18-6-7-18;/h4-5,8-9,11,13,18H,3,6-7,10,12,14-15H2,1-2H3,(H,26,27)(H2,23,24,25);1H. The van der Waals surface area contributed by atoms with Crippen LogP contribution < -0.4 is 20.7 Å². The molecular formula is C22H31IN4O2S. The summed E-state index contributed by atoms with van der Waals surface area (Å²) < 4.78 is 5.55. The Labute approximate surface area is 199 Å². The van der Waals surface area contributed by atoms with Gasteiger partial charge in [0.25, 0.3) is 5.91 Å². The van der Waals surface area contributed by atoms with Crippen LogP contribution in [0.1, 0.15) is 35.8 Å². The number of hydrogen-bond acceptors (Lipinski definition) is 4. The molecule has 30 heavy (non-hydrogen) atoms. The summed E-state index contributed by atoms with van der Waals surface area (Å²) in [7, 11) is 0. The molecule has 0 spiro atoms. The molecule has 6 nitrogen and oxygen atoms in total. The van der Waals surface area contributed by atoms with Crippen molar-refractivity contribution >= 4 is 47.2 Å². The van der Waals surface area contributed by atoms with E-state index in [0.717, 1.165) is 38.3 Å². The summed E-state index contributed by atoms with van der Waals surface area (Å²) in [6.45, 7) is 6.57. The molecule has 0 unspecified atom stereocenters. The SMILES string of the molecule is CCNC(=NCc1sccc1C)NCCc1ccc(OCC(=O)NC2CC2)cc1.I. The van der Waals surface area contributed by atoms with Gasteiger partial charge in [0, 0.05) is 24.0 Å². The van der Waals surface area contributed by atoms with E-state index in [1.807, 2.05) is 24.3 Å². The van der Waals surface area contributed by atoms with Crippen LogP contribution >= 0.6 is 35.3 Å². The second-order valence-corrected chi connectivity index (χ2v) is 8.17. The van der Waals surface area contributed by atoms with E-state index in [9.17, 15) is 4.79 Å². The molecular weight excluding hydrogens is 511 g/mol. The Balaban J connectivity index is 0.00000320. The van der Waals surface area contributed by atoms with Crippen LogP contribution in [0.25, 0.3) is 0 Å². The van der Waals surface area contributed by atoms with Crippen molar-refractivity contribution in [1.29, 1.82) is 0 Å². The quantitative estimate of drug-likeness (QED) is 0.244. The van der Waals surface area contributed by atoms with Gasteiger partial charge in [0.05, 0.1) is 6.54 Å². The van der Waals surface area contributed by atoms with Gasteiger partial charge in [-0.05, 0) is 67.8 Å². The Kier molecular flexibility index (Phi) is 10.4. The van der Waals surface area contributed by atoms with Gasteiger partial charge in [0.1, 0.15) is 5.75 Å². The molecule has 1 saturated carbocycles. The topological polar surface area (TPSA) is 74.8 Å². The van der Waals surface area contributed by atoms with E-state index in [-0.39, 0.29) is 36.5 Å². The predicted octanol–water partition coefficient (Wildman–Crippen LogP) is 3.63. The second-order valence-electron chi connectivity index (χ2n) is 7.17. The number of aliphatic imine (C=N–C) groups is 1. The zero-order valence-electron chi connectivity index (χ0n) is 17.6. The van der Waals surface area contributed by atoms with Crippen molar-refractivity contribution in [2.24, 2.45) is 4.99 Å². The van der Waals surface area contributed by atoms with Crippen LogP contribution in [0, 0.1) is 6.92 Å². The largest absolute Gasteiger partial charge is 0.484 e. The minimum absolute atomic E-state index is 0. The summed E-state index contributed by atoms with van der Waals surface area (Å²) in [6.07, 6.45) is 3.05. The molecule has 3 N–H and O–H groups in total. The number of ether oxygens (including phenoxy) is 1. The number of guanidine groups is 1. The summed E-state index contributed by atoms with van der Waals surface area (Å²) >= 11 is 1.74. The Morgan fingerprint density at radius 3 is 2.60 bits per heavy atom. The van der Waals surface area contributed by atoms with Crippen LogP contribution in [0.3, 0.4) is 0 Å². The summed E-state index contributed by atoms with van der Waals surface area (Å²) in [5, 5.41) is 11.7. The van der Waals surface area contributed by atoms with Crippen molar-refractivity contribution in [2.75, 3.05) is 19.7 Å². The predicted molar refractivity (Wildman–Crippen MR) is 134 cm³/mol. The molecule has 0 radical (unpaired) electrons. The number of nitrogens with one attached hydrogen (secondary N) is 3. The molecule has 8 heteroatoms. The van der Waals surface area contributed by atoms with Crippen LogP contribution in [0.15, 0.2) is 40.7 Å². The van der Waals surface area contributed by atoms with Gasteiger partial charge in [0.2, 0.25) is 0 Å². The Hall–Kier alpha value is -1.81. The molecule has 1 aliphatic rings. The summed E-state index contributed by atoms with van der Waals surface area (Å²) in [5.74, 6) is 1.50. The molecule has 1 aliphatic carbocycles. The average molecular weight is 542 g/mol. The van der Waals surface area contributed by atoms with Crippen molar-refractivity contribution < 1.29 is 9.53 Å². The van der Waals surface area contributed by atoms with Crippen molar-refractivity contribution in [3.8, 4) is 5.75 Å². The Bertz CT molecular complexity index is 819. The molecule has 1 aromatic heterocycles. The average Bonchev–Trinajstić information content (AvgIpc) is 3.44. The highest BCUT2D eigenvalue weighted by molar-refractivity contribution is 14.0. The fourth-order valence-corrected chi connectivity index (χ4v) is 3.61. The van der Waals surface area contributed by atoms with Crippen molar-refractivity contribution in [2.45, 2.75) is 45.7 Å². The number of carbonyl (C=O) groups is 1. The molecule has 1 amide bonds. The first kappa shape index (κ1) is 24.5. The van der Waals surface area contributed by atoms with Gasteiger partial charge in [-0.15, -0.1) is 35.3 Å². The molecule has 2 aromatic rings. The van der Waals surface area contributed by atoms with E-state index < -0.39 is 0 Å². The lowest BCUT2D eigenvalue weighted by Crippen LogP contribution is -2.38. The number of benzene rings is 1. The lowest BCUT2D eigenvalue weighted by atomic mass is 10.1. The zero-order chi connectivity index (χ0) is 20.5. The lowest BCUT2D eigenvalue weighted by molar-refractivity contribution is -0.123. The summed E-state index contributed by atoms with van der Waals surface area (Å²) in [6, 6.07) is 10.4. The van der Waals surface area contributed by atoms with Gasteiger partial charge < -0.3 is 20.7 Å². The Morgan fingerprint density at radius 2 is 1.97 bits per heavy atom. The number of thiophene rings is 1. The third-order valence-corrected chi connectivity index (χ3v) is 5.64. The van der Waals surface area contributed by atoms with Crippen molar-refractivity contribution in [1.82, 2.24) is 16.0 Å². The van der Waals surface area contributed by atoms with E-state index in [1.165, 1.54) is 16.0 Å². The van der Waals surface area contributed by atoms with Gasteiger partial charge >= 0.3 is 0 Å². The highest BCUT2D eigenvalue weighted by atomic mass is 127. The van der Waals surface area contributed by atoms with Gasteiger partial charge in [0.15, 0.2) is 12.6 Å². The van der Waals surface area contributed by atoms with Crippen LogP contribution in [-0.4, -0.2) is 37.6 Å². The maximum Gasteiger partial charge on any atom is 0.258 e. The Morgan fingerprint density at radius 1 is 1.20 bits per heavy atom. The van der Waals surface area contributed by atoms with E-state index in [4.69, 9.17) is 4.74 Å². The zero-order valence-corrected chi connectivity index (χ0v) is 20.7. The third kappa shape index (κ3) is 8.51. The van der Waals surface area contributed by atoms with E-state index >= 15 is 0 Å². The number of halogens is 1. The van der Waals surface area contributed by atoms with Gasteiger partial charge in [-0.3, -0.25) is 4.79 Å². The first-order chi connectivity index (χ1) is 14.1.